The van der Waals surface area contributed by atoms with E-state index in [2.05, 4.69) is 5.32 Å². The molecule has 1 unspecified atom stereocenters. The molecule has 0 saturated carbocycles. The van der Waals surface area contributed by atoms with Crippen LogP contribution in [0.3, 0.4) is 0 Å². The second-order valence-electron chi connectivity index (χ2n) is 4.79. The second-order valence-corrected chi connectivity index (χ2v) is 4.79. The molecule has 6 heteroatoms. The Morgan fingerprint density at radius 2 is 1.95 bits per heavy atom. The fourth-order valence-corrected chi connectivity index (χ4v) is 2.17. The smallest absolute Gasteiger partial charge is 0.335 e. The van der Waals surface area contributed by atoms with E-state index in [4.69, 9.17) is 5.11 Å². The number of hydrogen-bond acceptors (Lipinski definition) is 3. The molecule has 1 aliphatic heterocycles. The first kappa shape index (κ1) is 14.0. The lowest BCUT2D eigenvalue weighted by Crippen LogP contribution is -2.43. The second kappa shape index (κ2) is 5.73. The third-order valence-corrected chi connectivity index (χ3v) is 3.45. The van der Waals surface area contributed by atoms with Crippen molar-refractivity contribution >= 4 is 23.5 Å². The number of carbonyl (C=O) groups is 3. The summed E-state index contributed by atoms with van der Waals surface area (Å²) < 4.78 is 0. The predicted molar refractivity (Wildman–Crippen MR) is 72.5 cm³/mol. The number of benzene rings is 1. The molecule has 1 saturated heterocycles. The van der Waals surface area contributed by atoms with Crippen molar-refractivity contribution in [1.82, 2.24) is 5.32 Å². The van der Waals surface area contributed by atoms with Gasteiger partial charge in [-0.3, -0.25) is 9.59 Å². The summed E-state index contributed by atoms with van der Waals surface area (Å²) in [5.74, 6) is -1.33. The van der Waals surface area contributed by atoms with E-state index in [1.54, 1.807) is 19.2 Å². The van der Waals surface area contributed by atoms with Gasteiger partial charge in [-0.1, -0.05) is 0 Å². The Bertz CT molecular complexity index is 529. The summed E-state index contributed by atoms with van der Waals surface area (Å²) in [6, 6.07) is 6.12. The summed E-state index contributed by atoms with van der Waals surface area (Å²) >= 11 is 0. The maximum atomic E-state index is 12.3. The fourth-order valence-electron chi connectivity index (χ4n) is 2.17. The van der Waals surface area contributed by atoms with Gasteiger partial charge in [0, 0.05) is 25.7 Å². The molecule has 2 N–H and O–H groups in total. The zero-order valence-corrected chi connectivity index (χ0v) is 11.1. The van der Waals surface area contributed by atoms with Crippen LogP contribution in [-0.4, -0.2) is 36.5 Å². The highest BCUT2D eigenvalue weighted by Crippen LogP contribution is 2.19. The molecule has 1 heterocycles. The molecule has 0 bridgehead atoms. The van der Waals surface area contributed by atoms with E-state index >= 15 is 0 Å². The van der Waals surface area contributed by atoms with Crippen LogP contribution in [0.2, 0.25) is 0 Å². The SMILES string of the molecule is CN(C(=O)C1CCC(=O)NC1)c1ccc(C(=O)O)cc1. The van der Waals surface area contributed by atoms with E-state index in [0.29, 0.717) is 25.1 Å². The Labute approximate surface area is 116 Å². The van der Waals surface area contributed by atoms with Crippen LogP contribution in [-0.2, 0) is 9.59 Å². The third kappa shape index (κ3) is 2.96. The van der Waals surface area contributed by atoms with E-state index in [-0.39, 0.29) is 23.3 Å². The molecule has 1 fully saturated rings. The molecule has 0 aromatic heterocycles. The lowest BCUT2D eigenvalue weighted by molar-refractivity contribution is -0.127. The van der Waals surface area contributed by atoms with E-state index in [1.807, 2.05) is 0 Å². The summed E-state index contributed by atoms with van der Waals surface area (Å²) in [4.78, 5) is 35.6. The first-order chi connectivity index (χ1) is 9.49. The summed E-state index contributed by atoms with van der Waals surface area (Å²) in [5, 5.41) is 11.5. The van der Waals surface area contributed by atoms with Gasteiger partial charge < -0.3 is 15.3 Å². The van der Waals surface area contributed by atoms with Crippen molar-refractivity contribution in [3.8, 4) is 0 Å². The van der Waals surface area contributed by atoms with Crippen LogP contribution in [0.4, 0.5) is 5.69 Å². The minimum atomic E-state index is -1.000. The molecular weight excluding hydrogens is 260 g/mol. The largest absolute Gasteiger partial charge is 0.478 e. The van der Waals surface area contributed by atoms with E-state index in [0.717, 1.165) is 0 Å². The standard InChI is InChI=1S/C14H16N2O4/c1-16(11-5-2-9(3-6-11)14(19)20)13(18)10-4-7-12(17)15-8-10/h2-3,5-6,10H,4,7-8H2,1H3,(H,15,17)(H,19,20). The number of piperidine rings is 1. The van der Waals surface area contributed by atoms with Gasteiger partial charge in [-0.2, -0.15) is 0 Å². The number of carboxylic acid groups (broad SMARTS) is 1. The quantitative estimate of drug-likeness (QED) is 0.857. The van der Waals surface area contributed by atoms with Crippen molar-refractivity contribution in [1.29, 1.82) is 0 Å². The van der Waals surface area contributed by atoms with Gasteiger partial charge in [0.2, 0.25) is 11.8 Å². The van der Waals surface area contributed by atoms with E-state index in [1.165, 1.54) is 17.0 Å². The number of amides is 2. The Balaban J connectivity index is 2.06. The van der Waals surface area contributed by atoms with Gasteiger partial charge in [-0.15, -0.1) is 0 Å². The molecule has 20 heavy (non-hydrogen) atoms. The zero-order chi connectivity index (χ0) is 14.7. The molecule has 1 aromatic carbocycles. The molecule has 2 amide bonds. The van der Waals surface area contributed by atoms with Crippen molar-refractivity contribution in [2.75, 3.05) is 18.5 Å². The highest BCUT2D eigenvalue weighted by Gasteiger charge is 2.27. The molecule has 0 spiro atoms. The lowest BCUT2D eigenvalue weighted by atomic mass is 9.97. The minimum Gasteiger partial charge on any atom is -0.478 e. The molecule has 6 nitrogen and oxygen atoms in total. The van der Waals surface area contributed by atoms with Gasteiger partial charge in [0.1, 0.15) is 0 Å². The molecule has 0 aliphatic carbocycles. The van der Waals surface area contributed by atoms with Crippen molar-refractivity contribution in [2.45, 2.75) is 12.8 Å². The molecule has 1 atom stereocenters. The molecule has 1 aliphatic rings. The Morgan fingerprint density at radius 3 is 2.45 bits per heavy atom. The van der Waals surface area contributed by atoms with E-state index in [9.17, 15) is 14.4 Å². The van der Waals surface area contributed by atoms with Crippen LogP contribution < -0.4 is 10.2 Å². The highest BCUT2D eigenvalue weighted by molar-refractivity contribution is 5.96. The lowest BCUT2D eigenvalue weighted by Gasteiger charge is -2.26. The summed E-state index contributed by atoms with van der Waals surface area (Å²) in [6.07, 6.45) is 0.907. The van der Waals surface area contributed by atoms with Gasteiger partial charge in [0.25, 0.3) is 0 Å². The molecule has 2 rings (SSSR count). The number of anilines is 1. The average molecular weight is 276 g/mol. The summed E-state index contributed by atoms with van der Waals surface area (Å²) in [5.41, 5.74) is 0.816. The summed E-state index contributed by atoms with van der Waals surface area (Å²) in [7, 11) is 1.65. The summed E-state index contributed by atoms with van der Waals surface area (Å²) in [6.45, 7) is 0.356. The van der Waals surface area contributed by atoms with Gasteiger partial charge >= 0.3 is 5.97 Å². The van der Waals surface area contributed by atoms with Crippen LogP contribution in [0.25, 0.3) is 0 Å². The predicted octanol–water partition coefficient (Wildman–Crippen LogP) is 0.874. The topological polar surface area (TPSA) is 86.7 Å². The van der Waals surface area contributed by atoms with E-state index < -0.39 is 5.97 Å². The molecule has 106 valence electrons. The Kier molecular flexibility index (Phi) is 4.02. The van der Waals surface area contributed by atoms with Gasteiger partial charge in [0.15, 0.2) is 0 Å². The third-order valence-electron chi connectivity index (χ3n) is 3.45. The highest BCUT2D eigenvalue weighted by atomic mass is 16.4. The van der Waals surface area contributed by atoms with Gasteiger partial charge in [0.05, 0.1) is 11.5 Å². The number of carbonyl (C=O) groups excluding carboxylic acids is 2. The maximum absolute atomic E-state index is 12.3. The monoisotopic (exact) mass is 276 g/mol. The van der Waals surface area contributed by atoms with Crippen LogP contribution in [0.5, 0.6) is 0 Å². The number of nitrogens with zero attached hydrogens (tertiary/aromatic N) is 1. The fraction of sp³-hybridized carbons (Fsp3) is 0.357. The molecule has 0 radical (unpaired) electrons. The van der Waals surface area contributed by atoms with Crippen LogP contribution in [0, 0.1) is 5.92 Å². The van der Waals surface area contributed by atoms with Crippen molar-refractivity contribution in [3.05, 3.63) is 29.8 Å². The molecule has 1 aromatic rings. The number of hydrogen-bond donors (Lipinski definition) is 2. The van der Waals surface area contributed by atoms with Crippen molar-refractivity contribution < 1.29 is 19.5 Å². The van der Waals surface area contributed by atoms with Crippen molar-refractivity contribution in [2.24, 2.45) is 5.92 Å². The normalized spacial score (nSPS) is 18.2. The number of carboxylic acids is 1. The van der Waals surface area contributed by atoms with Crippen LogP contribution in [0.15, 0.2) is 24.3 Å². The van der Waals surface area contributed by atoms with Crippen LogP contribution in [0.1, 0.15) is 23.2 Å². The maximum Gasteiger partial charge on any atom is 0.335 e. The van der Waals surface area contributed by atoms with Crippen molar-refractivity contribution in [3.63, 3.8) is 0 Å². The number of rotatable bonds is 3. The first-order valence-corrected chi connectivity index (χ1v) is 6.36. The average Bonchev–Trinajstić information content (AvgIpc) is 2.46. The first-order valence-electron chi connectivity index (χ1n) is 6.36. The number of nitrogens with one attached hydrogen (secondary N) is 1. The van der Waals surface area contributed by atoms with Crippen LogP contribution >= 0.6 is 0 Å². The Morgan fingerprint density at radius 1 is 1.30 bits per heavy atom. The Hall–Kier alpha value is -2.37. The molecular formula is C14H16N2O4. The van der Waals surface area contributed by atoms with Gasteiger partial charge in [-0.05, 0) is 30.7 Å². The minimum absolute atomic E-state index is 0.0254. The van der Waals surface area contributed by atoms with Gasteiger partial charge in [-0.25, -0.2) is 4.79 Å². The number of aromatic carboxylic acids is 1. The zero-order valence-electron chi connectivity index (χ0n) is 11.1.